The first kappa shape index (κ1) is 40.1. The fourth-order valence-corrected chi connectivity index (χ4v) is 8.55. The van der Waals surface area contributed by atoms with Crippen LogP contribution in [0.2, 0.25) is 0 Å². The van der Waals surface area contributed by atoms with E-state index >= 15 is 0 Å². The minimum atomic E-state index is -0.0746. The zero-order valence-electron chi connectivity index (χ0n) is 36.6. The Labute approximate surface area is 373 Å². The highest BCUT2D eigenvalue weighted by Gasteiger charge is 2.24. The zero-order valence-corrected chi connectivity index (χ0v) is 36.6. The Bertz CT molecular complexity index is 3530. The highest BCUT2D eigenvalue weighted by Crippen LogP contribution is 2.46. The average molecular weight is 827 g/mol. The maximum Gasteiger partial charge on any atom is 0.160 e. The van der Waals surface area contributed by atoms with Crippen LogP contribution in [0.4, 0.5) is 0 Å². The Morgan fingerprint density at radius 3 is 1.47 bits per heavy atom. The SMILES string of the molecule is CC.CC(C)(C)c1nc(-c2cccc(-c3cc4ccccc4cn3)c2)nc2ccccc12.c1cc(-c2cc3ccccc3cn2)cc(-c2nc3c4c(cccc4n2)-c2ccccc2-3)c1. The van der Waals surface area contributed by atoms with Crippen molar-refractivity contribution in [2.24, 2.45) is 0 Å². The summed E-state index contributed by atoms with van der Waals surface area (Å²) >= 11 is 0. The van der Waals surface area contributed by atoms with E-state index in [9.17, 15) is 0 Å². The molecule has 0 amide bonds. The number of aromatic nitrogens is 6. The molecule has 1 aliphatic carbocycles. The van der Waals surface area contributed by atoms with Crippen LogP contribution in [0, 0.1) is 0 Å². The third-order valence-electron chi connectivity index (χ3n) is 11.6. The fourth-order valence-electron chi connectivity index (χ4n) is 8.55. The van der Waals surface area contributed by atoms with E-state index in [0.717, 1.165) is 89.3 Å². The van der Waals surface area contributed by atoms with Crippen LogP contribution in [-0.2, 0) is 5.41 Å². The number of nitrogens with zero attached hydrogens (tertiary/aromatic N) is 6. The van der Waals surface area contributed by atoms with E-state index in [4.69, 9.17) is 24.9 Å². The van der Waals surface area contributed by atoms with Crippen LogP contribution in [-0.4, -0.2) is 29.9 Å². The van der Waals surface area contributed by atoms with E-state index in [0.29, 0.717) is 0 Å². The number of hydrogen-bond donors (Lipinski definition) is 0. The molecule has 0 aliphatic heterocycles. The lowest BCUT2D eigenvalue weighted by Crippen LogP contribution is -2.15. The predicted molar refractivity (Wildman–Crippen MR) is 266 cm³/mol. The zero-order chi connectivity index (χ0) is 43.8. The van der Waals surface area contributed by atoms with Crippen LogP contribution in [0.25, 0.3) is 111 Å². The first-order valence-electron chi connectivity index (χ1n) is 21.9. The van der Waals surface area contributed by atoms with E-state index in [2.05, 4.69) is 177 Å². The molecular weight excluding hydrogens is 781 g/mol. The van der Waals surface area contributed by atoms with Crippen molar-refractivity contribution >= 4 is 43.4 Å². The number of fused-ring (bicyclic) bond motifs is 6. The van der Waals surface area contributed by atoms with Gasteiger partial charge < -0.3 is 0 Å². The maximum atomic E-state index is 5.04. The lowest BCUT2D eigenvalue weighted by atomic mass is 9.89. The highest BCUT2D eigenvalue weighted by atomic mass is 14.9. The van der Waals surface area contributed by atoms with Gasteiger partial charge in [-0.15, -0.1) is 0 Å². The summed E-state index contributed by atoms with van der Waals surface area (Å²) in [5.74, 6) is 1.49. The molecule has 6 nitrogen and oxygen atoms in total. The van der Waals surface area contributed by atoms with Gasteiger partial charge in [0, 0.05) is 67.2 Å². The third kappa shape index (κ3) is 7.54. The second kappa shape index (κ2) is 16.7. The molecular formula is C58H46N6. The van der Waals surface area contributed by atoms with Gasteiger partial charge in [-0.25, -0.2) is 19.9 Å². The van der Waals surface area contributed by atoms with Crippen LogP contribution < -0.4 is 0 Å². The number of benzene rings is 7. The monoisotopic (exact) mass is 826 g/mol. The van der Waals surface area contributed by atoms with Crippen LogP contribution in [0.3, 0.4) is 0 Å². The predicted octanol–water partition coefficient (Wildman–Crippen LogP) is 15.0. The molecule has 12 rings (SSSR count). The molecule has 6 heteroatoms. The first-order valence-corrected chi connectivity index (χ1v) is 21.9. The summed E-state index contributed by atoms with van der Waals surface area (Å²) in [5, 5.41) is 6.91. The molecule has 0 spiro atoms. The Morgan fingerprint density at radius 1 is 0.375 bits per heavy atom. The smallest absolute Gasteiger partial charge is 0.160 e. The van der Waals surface area contributed by atoms with Crippen LogP contribution in [0.15, 0.2) is 188 Å². The summed E-state index contributed by atoms with van der Waals surface area (Å²) in [6.45, 7) is 10.6. The topological polar surface area (TPSA) is 77.3 Å². The number of hydrogen-bond acceptors (Lipinski definition) is 6. The van der Waals surface area contributed by atoms with Crippen molar-refractivity contribution in [3.8, 4) is 67.7 Å². The van der Waals surface area contributed by atoms with Gasteiger partial charge in [0.05, 0.1) is 33.8 Å². The third-order valence-corrected chi connectivity index (χ3v) is 11.6. The largest absolute Gasteiger partial charge is 0.256 e. The molecule has 4 aromatic heterocycles. The lowest BCUT2D eigenvalue weighted by Gasteiger charge is -2.20. The quantitative estimate of drug-likeness (QED) is 0.176. The molecule has 0 fully saturated rings. The van der Waals surface area contributed by atoms with Crippen LogP contribution in [0.1, 0.15) is 40.3 Å². The van der Waals surface area contributed by atoms with Gasteiger partial charge in [0.1, 0.15) is 0 Å². The Morgan fingerprint density at radius 2 is 0.844 bits per heavy atom. The normalized spacial score (nSPS) is 11.5. The molecule has 0 atom stereocenters. The van der Waals surface area contributed by atoms with E-state index in [-0.39, 0.29) is 5.41 Å². The minimum Gasteiger partial charge on any atom is -0.256 e. The van der Waals surface area contributed by atoms with Crippen molar-refractivity contribution in [1.82, 2.24) is 29.9 Å². The standard InChI is InChI=1S/C29H17N3.C27H23N3.C2H6/c1-2-8-21-17-30-26(16-18(21)7-1)19-9-5-10-20(15-19)29-31-25-14-6-13-23-22-11-3-4-12-24(22)28(32-29)27(23)25;1-27(2,3)25-22-13-6-7-14-23(22)29-26(30-25)20-12-8-11-19(15-20)24-16-18-9-4-5-10-21(18)17-28-24;1-2/h1-17H;4-17H,1-3H3;1-2H3. The highest BCUT2D eigenvalue weighted by molar-refractivity contribution is 6.13. The van der Waals surface area contributed by atoms with Gasteiger partial charge in [-0.1, -0.05) is 174 Å². The van der Waals surface area contributed by atoms with E-state index < -0.39 is 0 Å². The van der Waals surface area contributed by atoms with Crippen molar-refractivity contribution < 1.29 is 0 Å². The molecule has 0 saturated heterocycles. The summed E-state index contributed by atoms with van der Waals surface area (Å²) in [6.07, 6.45) is 3.87. The van der Waals surface area contributed by atoms with Crippen molar-refractivity contribution in [3.63, 3.8) is 0 Å². The molecule has 64 heavy (non-hydrogen) atoms. The Balaban J connectivity index is 0.000000146. The van der Waals surface area contributed by atoms with Gasteiger partial charge >= 0.3 is 0 Å². The second-order valence-electron chi connectivity index (χ2n) is 16.8. The number of para-hydroxylation sites is 1. The van der Waals surface area contributed by atoms with Gasteiger partial charge in [0.2, 0.25) is 0 Å². The summed E-state index contributed by atoms with van der Waals surface area (Å²) in [4.78, 5) is 29.2. The summed E-state index contributed by atoms with van der Waals surface area (Å²) in [6, 6.07) is 60.6. The van der Waals surface area contributed by atoms with E-state index in [1.807, 2.05) is 50.5 Å². The number of pyridine rings is 2. The van der Waals surface area contributed by atoms with Gasteiger partial charge in [-0.05, 0) is 58.3 Å². The van der Waals surface area contributed by atoms with Crippen LogP contribution >= 0.6 is 0 Å². The van der Waals surface area contributed by atoms with Crippen molar-refractivity contribution in [1.29, 1.82) is 0 Å². The van der Waals surface area contributed by atoms with Crippen LogP contribution in [0.5, 0.6) is 0 Å². The molecule has 11 aromatic rings. The van der Waals surface area contributed by atoms with E-state index in [1.165, 1.54) is 27.5 Å². The molecule has 0 unspecified atom stereocenters. The summed E-state index contributed by atoms with van der Waals surface area (Å²) in [7, 11) is 0. The summed E-state index contributed by atoms with van der Waals surface area (Å²) in [5.41, 5.74) is 13.6. The van der Waals surface area contributed by atoms with E-state index in [1.54, 1.807) is 0 Å². The maximum absolute atomic E-state index is 5.04. The Kier molecular flexibility index (Phi) is 10.5. The van der Waals surface area contributed by atoms with Crippen molar-refractivity contribution in [2.75, 3.05) is 0 Å². The van der Waals surface area contributed by atoms with Gasteiger partial charge in [0.15, 0.2) is 11.6 Å². The molecule has 0 radical (unpaired) electrons. The van der Waals surface area contributed by atoms with Gasteiger partial charge in [-0.3, -0.25) is 9.97 Å². The molecule has 0 bridgehead atoms. The minimum absolute atomic E-state index is 0.0746. The average Bonchev–Trinajstić information content (AvgIpc) is 3.68. The summed E-state index contributed by atoms with van der Waals surface area (Å²) < 4.78 is 0. The second-order valence-corrected chi connectivity index (χ2v) is 16.8. The fraction of sp³-hybridized carbons (Fsp3) is 0.103. The molecule has 0 saturated carbocycles. The molecule has 4 heterocycles. The molecule has 0 N–H and O–H groups in total. The van der Waals surface area contributed by atoms with Gasteiger partial charge in [-0.2, -0.15) is 0 Å². The molecule has 7 aromatic carbocycles. The van der Waals surface area contributed by atoms with Gasteiger partial charge in [0.25, 0.3) is 0 Å². The molecule has 308 valence electrons. The Hall–Kier alpha value is -7.96. The first-order chi connectivity index (χ1) is 31.3. The van der Waals surface area contributed by atoms with Crippen molar-refractivity contribution in [3.05, 3.63) is 194 Å². The number of rotatable bonds is 4. The lowest BCUT2D eigenvalue weighted by molar-refractivity contribution is 0.575. The van der Waals surface area contributed by atoms with Crippen molar-refractivity contribution in [2.45, 2.75) is 40.0 Å². The molecule has 1 aliphatic rings.